The second-order valence-electron chi connectivity index (χ2n) is 2.75. The fraction of sp³-hybridized carbons (Fsp3) is 0.200. The highest BCUT2D eigenvalue weighted by Gasteiger charge is 2.08. The van der Waals surface area contributed by atoms with Gasteiger partial charge in [0.25, 0.3) is 0 Å². The number of halogens is 1. The molecular formula is C10H11ClN2O. The van der Waals surface area contributed by atoms with Crippen LogP contribution in [0.2, 0.25) is 5.02 Å². The third-order valence-electron chi connectivity index (χ3n) is 1.84. The van der Waals surface area contributed by atoms with Gasteiger partial charge in [0.05, 0.1) is 0 Å². The van der Waals surface area contributed by atoms with Crippen molar-refractivity contribution in [3.05, 3.63) is 29.3 Å². The van der Waals surface area contributed by atoms with Gasteiger partial charge in [-0.2, -0.15) is 0 Å². The Kier molecular flexibility index (Phi) is 3.65. The molecule has 0 aliphatic rings. The van der Waals surface area contributed by atoms with Gasteiger partial charge in [-0.15, -0.1) is 0 Å². The molecule has 0 saturated carbocycles. The number of carbonyl (C=O) groups is 1. The van der Waals surface area contributed by atoms with Crippen LogP contribution in [0.1, 0.15) is 13.3 Å². The molecule has 4 heteroatoms. The number of anilines is 1. The van der Waals surface area contributed by atoms with Crippen LogP contribution in [0.4, 0.5) is 5.69 Å². The minimum atomic E-state index is 0.266. The number of nitrogens with one attached hydrogen (secondary N) is 1. The molecule has 1 N–H and O–H groups in total. The Morgan fingerprint density at radius 3 is 2.50 bits per heavy atom. The Bertz CT molecular complexity index is 334. The first-order chi connectivity index (χ1) is 6.69. The maximum atomic E-state index is 10.7. The Labute approximate surface area is 87.8 Å². The van der Waals surface area contributed by atoms with E-state index in [0.717, 1.165) is 0 Å². The molecule has 1 aromatic rings. The number of hydrogen-bond donors (Lipinski definition) is 1. The lowest BCUT2D eigenvalue weighted by molar-refractivity contribution is -0.106. The van der Waals surface area contributed by atoms with Crippen LogP contribution in [0.25, 0.3) is 0 Å². The average molecular weight is 211 g/mol. The average Bonchev–Trinajstić information content (AvgIpc) is 2.21. The lowest BCUT2D eigenvalue weighted by atomic mass is 10.3. The minimum Gasteiger partial charge on any atom is -0.288 e. The molecule has 0 fully saturated rings. The summed E-state index contributed by atoms with van der Waals surface area (Å²) in [5, 5.41) is 8.16. The monoisotopic (exact) mass is 210 g/mol. The number of rotatable bonds is 3. The molecule has 0 aromatic heterocycles. The summed E-state index contributed by atoms with van der Waals surface area (Å²) >= 11 is 5.71. The Morgan fingerprint density at radius 2 is 2.07 bits per heavy atom. The summed E-state index contributed by atoms with van der Waals surface area (Å²) in [4.78, 5) is 12.0. The van der Waals surface area contributed by atoms with E-state index >= 15 is 0 Å². The molecule has 0 radical (unpaired) electrons. The van der Waals surface area contributed by atoms with Crippen LogP contribution >= 0.6 is 11.6 Å². The van der Waals surface area contributed by atoms with Crippen LogP contribution in [0.15, 0.2) is 24.3 Å². The summed E-state index contributed by atoms with van der Waals surface area (Å²) in [6, 6.07) is 6.80. The van der Waals surface area contributed by atoms with Gasteiger partial charge in [0, 0.05) is 17.1 Å². The van der Waals surface area contributed by atoms with Crippen LogP contribution in [0, 0.1) is 5.41 Å². The second kappa shape index (κ2) is 4.77. The highest BCUT2D eigenvalue weighted by molar-refractivity contribution is 6.30. The van der Waals surface area contributed by atoms with E-state index in [1.807, 2.05) is 6.92 Å². The molecule has 0 bridgehead atoms. The molecule has 3 nitrogen and oxygen atoms in total. The molecule has 74 valence electrons. The SMILES string of the molecule is CCC(=N)N(C=O)c1ccc(Cl)cc1. The van der Waals surface area contributed by atoms with Crippen molar-refractivity contribution in [2.75, 3.05) is 4.90 Å². The molecule has 0 heterocycles. The number of carbonyl (C=O) groups excluding carboxylic acids is 1. The fourth-order valence-corrected chi connectivity index (χ4v) is 1.18. The predicted molar refractivity (Wildman–Crippen MR) is 58.0 cm³/mol. The van der Waals surface area contributed by atoms with E-state index in [1.54, 1.807) is 24.3 Å². The van der Waals surface area contributed by atoms with Crippen molar-refractivity contribution in [1.82, 2.24) is 0 Å². The van der Waals surface area contributed by atoms with Gasteiger partial charge in [0.1, 0.15) is 5.84 Å². The first-order valence-electron chi connectivity index (χ1n) is 4.26. The zero-order valence-electron chi connectivity index (χ0n) is 7.83. The van der Waals surface area contributed by atoms with Crippen molar-refractivity contribution in [2.24, 2.45) is 0 Å². The van der Waals surface area contributed by atoms with Crippen molar-refractivity contribution in [1.29, 1.82) is 5.41 Å². The zero-order chi connectivity index (χ0) is 10.6. The molecule has 1 aromatic carbocycles. The van der Waals surface area contributed by atoms with Gasteiger partial charge < -0.3 is 0 Å². The third kappa shape index (κ3) is 2.33. The lowest BCUT2D eigenvalue weighted by Gasteiger charge is -2.16. The number of amidine groups is 1. The standard InChI is InChI=1S/C10H11ClN2O/c1-2-10(12)13(7-14)9-5-3-8(11)4-6-9/h3-7,12H,2H2,1H3. The molecule has 1 amide bonds. The van der Waals surface area contributed by atoms with Crippen LogP contribution < -0.4 is 4.90 Å². The van der Waals surface area contributed by atoms with E-state index in [9.17, 15) is 4.79 Å². The number of nitrogens with zero attached hydrogens (tertiary/aromatic N) is 1. The first-order valence-corrected chi connectivity index (χ1v) is 4.64. The minimum absolute atomic E-state index is 0.266. The molecule has 0 aliphatic carbocycles. The lowest BCUT2D eigenvalue weighted by Crippen LogP contribution is -2.27. The summed E-state index contributed by atoms with van der Waals surface area (Å²) in [5.41, 5.74) is 0.663. The molecule has 14 heavy (non-hydrogen) atoms. The molecule has 0 aliphatic heterocycles. The maximum absolute atomic E-state index is 10.7. The van der Waals surface area contributed by atoms with Gasteiger partial charge >= 0.3 is 0 Å². The van der Waals surface area contributed by atoms with Gasteiger partial charge in [0.2, 0.25) is 6.41 Å². The van der Waals surface area contributed by atoms with E-state index in [0.29, 0.717) is 23.5 Å². The Balaban J connectivity index is 2.95. The predicted octanol–water partition coefficient (Wildman–Crippen LogP) is 2.69. The van der Waals surface area contributed by atoms with E-state index in [1.165, 1.54) is 4.90 Å². The second-order valence-corrected chi connectivity index (χ2v) is 3.19. The van der Waals surface area contributed by atoms with Crippen LogP contribution in [-0.2, 0) is 4.79 Å². The van der Waals surface area contributed by atoms with Crippen molar-refractivity contribution in [3.63, 3.8) is 0 Å². The van der Waals surface area contributed by atoms with Gasteiger partial charge in [-0.25, -0.2) is 0 Å². The number of amides is 1. The van der Waals surface area contributed by atoms with E-state index in [-0.39, 0.29) is 5.84 Å². The number of benzene rings is 1. The van der Waals surface area contributed by atoms with Crippen molar-refractivity contribution < 1.29 is 4.79 Å². The van der Waals surface area contributed by atoms with E-state index < -0.39 is 0 Å². The molecule has 0 saturated heterocycles. The van der Waals surface area contributed by atoms with Crippen LogP contribution in [0.3, 0.4) is 0 Å². The van der Waals surface area contributed by atoms with E-state index in [2.05, 4.69) is 0 Å². The molecule has 0 atom stereocenters. The third-order valence-corrected chi connectivity index (χ3v) is 2.09. The fourth-order valence-electron chi connectivity index (χ4n) is 1.05. The largest absolute Gasteiger partial charge is 0.288 e. The van der Waals surface area contributed by atoms with Crippen LogP contribution in [-0.4, -0.2) is 12.2 Å². The highest BCUT2D eigenvalue weighted by Crippen LogP contribution is 2.17. The van der Waals surface area contributed by atoms with Gasteiger partial charge in [-0.05, 0) is 24.3 Å². The summed E-state index contributed by atoms with van der Waals surface area (Å²) < 4.78 is 0. The van der Waals surface area contributed by atoms with Crippen molar-refractivity contribution in [3.8, 4) is 0 Å². The van der Waals surface area contributed by atoms with Crippen molar-refractivity contribution >= 4 is 29.5 Å². The summed E-state index contributed by atoms with van der Waals surface area (Å²) in [6.07, 6.45) is 1.15. The molecular weight excluding hydrogens is 200 g/mol. The van der Waals surface area contributed by atoms with Gasteiger partial charge in [0.15, 0.2) is 0 Å². The summed E-state index contributed by atoms with van der Waals surface area (Å²) in [7, 11) is 0. The van der Waals surface area contributed by atoms with Gasteiger partial charge in [-0.3, -0.25) is 15.1 Å². The zero-order valence-corrected chi connectivity index (χ0v) is 8.58. The topological polar surface area (TPSA) is 44.2 Å². The number of hydrogen-bond acceptors (Lipinski definition) is 2. The quantitative estimate of drug-likeness (QED) is 0.465. The smallest absolute Gasteiger partial charge is 0.219 e. The molecule has 0 spiro atoms. The van der Waals surface area contributed by atoms with E-state index in [4.69, 9.17) is 17.0 Å². The van der Waals surface area contributed by atoms with Crippen LogP contribution in [0.5, 0.6) is 0 Å². The van der Waals surface area contributed by atoms with Gasteiger partial charge in [-0.1, -0.05) is 18.5 Å². The summed E-state index contributed by atoms with van der Waals surface area (Å²) in [6.45, 7) is 1.83. The Morgan fingerprint density at radius 1 is 1.50 bits per heavy atom. The molecule has 1 rings (SSSR count). The highest BCUT2D eigenvalue weighted by atomic mass is 35.5. The molecule has 0 unspecified atom stereocenters. The van der Waals surface area contributed by atoms with Crippen molar-refractivity contribution in [2.45, 2.75) is 13.3 Å². The maximum Gasteiger partial charge on any atom is 0.219 e. The summed E-state index contributed by atoms with van der Waals surface area (Å²) in [5.74, 6) is 0.266. The Hall–Kier alpha value is -1.35. The normalized spacial score (nSPS) is 9.57. The first kappa shape index (κ1) is 10.7.